The molecule has 3 heteroatoms. The Bertz CT molecular complexity index is 349. The summed E-state index contributed by atoms with van der Waals surface area (Å²) in [5.74, 6) is 0.956. The van der Waals surface area contributed by atoms with Gasteiger partial charge in [-0.3, -0.25) is 0 Å². The van der Waals surface area contributed by atoms with Crippen molar-refractivity contribution in [3.63, 3.8) is 0 Å². The summed E-state index contributed by atoms with van der Waals surface area (Å²) in [5, 5.41) is 3.43. The molecule has 0 aliphatic heterocycles. The molecular formula is C12H15BrIN. The van der Waals surface area contributed by atoms with Crippen molar-refractivity contribution in [3.05, 3.63) is 31.8 Å². The number of halogens is 2. The molecule has 1 aliphatic carbocycles. The second-order valence-corrected chi connectivity index (χ2v) is 6.26. The topological polar surface area (TPSA) is 12.0 Å². The van der Waals surface area contributed by atoms with E-state index in [9.17, 15) is 0 Å². The van der Waals surface area contributed by atoms with E-state index in [0.29, 0.717) is 6.04 Å². The molecule has 1 fully saturated rings. The highest BCUT2D eigenvalue weighted by Gasteiger charge is 2.26. The third kappa shape index (κ3) is 3.17. The fourth-order valence-electron chi connectivity index (χ4n) is 1.87. The van der Waals surface area contributed by atoms with E-state index in [2.05, 4.69) is 69.1 Å². The molecule has 0 bridgehead atoms. The molecular weight excluding hydrogens is 365 g/mol. The van der Waals surface area contributed by atoms with Gasteiger partial charge in [-0.05, 0) is 65.7 Å². The van der Waals surface area contributed by atoms with Gasteiger partial charge in [0.2, 0.25) is 0 Å². The van der Waals surface area contributed by atoms with E-state index in [-0.39, 0.29) is 0 Å². The third-order valence-corrected chi connectivity index (χ3v) is 4.42. The maximum atomic E-state index is 3.54. The summed E-state index contributed by atoms with van der Waals surface area (Å²) in [4.78, 5) is 0. The van der Waals surface area contributed by atoms with Crippen LogP contribution in [-0.4, -0.2) is 7.05 Å². The van der Waals surface area contributed by atoms with Crippen molar-refractivity contribution in [3.8, 4) is 0 Å². The van der Waals surface area contributed by atoms with Crippen LogP contribution < -0.4 is 5.32 Å². The van der Waals surface area contributed by atoms with Gasteiger partial charge < -0.3 is 5.32 Å². The van der Waals surface area contributed by atoms with Crippen molar-refractivity contribution in [2.24, 2.45) is 5.92 Å². The Hall–Kier alpha value is 0.390. The van der Waals surface area contributed by atoms with Crippen LogP contribution >= 0.6 is 38.5 Å². The zero-order chi connectivity index (χ0) is 10.8. The fourth-order valence-corrected chi connectivity index (χ4v) is 2.96. The lowest BCUT2D eigenvalue weighted by atomic mass is 10.0. The van der Waals surface area contributed by atoms with Crippen molar-refractivity contribution in [1.82, 2.24) is 5.32 Å². The van der Waals surface area contributed by atoms with Gasteiger partial charge in [-0.2, -0.15) is 0 Å². The van der Waals surface area contributed by atoms with Crippen LogP contribution in [0.3, 0.4) is 0 Å². The Morgan fingerprint density at radius 1 is 1.53 bits per heavy atom. The highest BCUT2D eigenvalue weighted by atomic mass is 127. The predicted octanol–water partition coefficient (Wildman–Crippen LogP) is 4.11. The maximum Gasteiger partial charge on any atom is 0.0331 e. The van der Waals surface area contributed by atoms with Gasteiger partial charge in [0.05, 0.1) is 0 Å². The largest absolute Gasteiger partial charge is 0.313 e. The normalized spacial score (nSPS) is 17.8. The second kappa shape index (κ2) is 5.15. The summed E-state index contributed by atoms with van der Waals surface area (Å²) in [7, 11) is 2.06. The van der Waals surface area contributed by atoms with Crippen molar-refractivity contribution < 1.29 is 0 Å². The molecule has 1 aliphatic rings. The fraction of sp³-hybridized carbons (Fsp3) is 0.500. The summed E-state index contributed by atoms with van der Waals surface area (Å²) in [6.45, 7) is 0. The Balaban J connectivity index is 2.19. The van der Waals surface area contributed by atoms with Gasteiger partial charge in [0, 0.05) is 14.1 Å². The van der Waals surface area contributed by atoms with E-state index in [1.807, 2.05) is 0 Å². The summed E-state index contributed by atoms with van der Waals surface area (Å²) in [5.41, 5.74) is 1.43. The molecule has 0 amide bonds. The van der Waals surface area contributed by atoms with Crippen molar-refractivity contribution in [2.75, 3.05) is 7.05 Å². The minimum absolute atomic E-state index is 0.516. The molecule has 1 atom stereocenters. The van der Waals surface area contributed by atoms with Crippen molar-refractivity contribution >= 4 is 38.5 Å². The van der Waals surface area contributed by atoms with Gasteiger partial charge >= 0.3 is 0 Å². The molecule has 1 unspecified atom stereocenters. The first-order valence-corrected chi connectivity index (χ1v) is 7.20. The standard InChI is InChI=1S/C12H15BrIN/c1-15-12(6-8-2-3-8)10-7-9(13)4-5-11(10)14/h4-5,7-8,12,15H,2-3,6H2,1H3. The Morgan fingerprint density at radius 2 is 2.27 bits per heavy atom. The number of hydrogen-bond donors (Lipinski definition) is 1. The molecule has 0 spiro atoms. The number of benzene rings is 1. The predicted molar refractivity (Wildman–Crippen MR) is 76.0 cm³/mol. The maximum absolute atomic E-state index is 3.54. The molecule has 0 radical (unpaired) electrons. The van der Waals surface area contributed by atoms with Gasteiger partial charge in [0.1, 0.15) is 0 Å². The van der Waals surface area contributed by atoms with Crippen LogP contribution in [-0.2, 0) is 0 Å². The van der Waals surface area contributed by atoms with E-state index >= 15 is 0 Å². The first kappa shape index (κ1) is 11.9. The average molecular weight is 380 g/mol. The smallest absolute Gasteiger partial charge is 0.0331 e. The number of hydrogen-bond acceptors (Lipinski definition) is 1. The molecule has 1 saturated carbocycles. The minimum atomic E-state index is 0.516. The SMILES string of the molecule is CNC(CC1CC1)c1cc(Br)ccc1I. The van der Waals surface area contributed by atoms with E-state index in [4.69, 9.17) is 0 Å². The van der Waals surface area contributed by atoms with Crippen LogP contribution in [0.15, 0.2) is 22.7 Å². The molecule has 1 aromatic carbocycles. The van der Waals surface area contributed by atoms with Crippen LogP contribution in [0.4, 0.5) is 0 Å². The zero-order valence-corrected chi connectivity index (χ0v) is 12.5. The lowest BCUT2D eigenvalue weighted by molar-refractivity contribution is 0.512. The highest BCUT2D eigenvalue weighted by Crippen LogP contribution is 2.38. The van der Waals surface area contributed by atoms with Crippen molar-refractivity contribution in [1.29, 1.82) is 0 Å². The summed E-state index contributed by atoms with van der Waals surface area (Å²) in [6.07, 6.45) is 4.12. The molecule has 1 nitrogen and oxygen atoms in total. The molecule has 0 aromatic heterocycles. The lowest BCUT2D eigenvalue weighted by Crippen LogP contribution is -2.18. The number of rotatable bonds is 4. The molecule has 15 heavy (non-hydrogen) atoms. The molecule has 82 valence electrons. The van der Waals surface area contributed by atoms with Gasteiger partial charge in [0.25, 0.3) is 0 Å². The second-order valence-electron chi connectivity index (χ2n) is 4.19. The summed E-state index contributed by atoms with van der Waals surface area (Å²) >= 11 is 5.97. The van der Waals surface area contributed by atoms with Crippen LogP contribution in [0.1, 0.15) is 30.9 Å². The van der Waals surface area contributed by atoms with Crippen LogP contribution in [0, 0.1) is 9.49 Å². The van der Waals surface area contributed by atoms with Gasteiger partial charge in [-0.15, -0.1) is 0 Å². The van der Waals surface area contributed by atoms with E-state index in [1.165, 1.54) is 32.9 Å². The Kier molecular flexibility index (Phi) is 4.07. The first-order chi connectivity index (χ1) is 7.20. The quantitative estimate of drug-likeness (QED) is 0.776. The first-order valence-electron chi connectivity index (χ1n) is 5.33. The molecule has 1 aromatic rings. The summed E-state index contributed by atoms with van der Waals surface area (Å²) < 4.78 is 2.53. The van der Waals surface area contributed by atoms with Gasteiger partial charge in [-0.1, -0.05) is 28.8 Å². The Morgan fingerprint density at radius 3 is 2.87 bits per heavy atom. The molecule has 2 rings (SSSR count). The van der Waals surface area contributed by atoms with Crippen LogP contribution in [0.25, 0.3) is 0 Å². The molecule has 1 N–H and O–H groups in total. The monoisotopic (exact) mass is 379 g/mol. The summed E-state index contributed by atoms with van der Waals surface area (Å²) in [6, 6.07) is 7.04. The lowest BCUT2D eigenvalue weighted by Gasteiger charge is -2.18. The van der Waals surface area contributed by atoms with Gasteiger partial charge in [0.15, 0.2) is 0 Å². The highest BCUT2D eigenvalue weighted by molar-refractivity contribution is 14.1. The van der Waals surface area contributed by atoms with Crippen LogP contribution in [0.2, 0.25) is 0 Å². The third-order valence-electron chi connectivity index (χ3n) is 2.95. The number of nitrogens with one attached hydrogen (secondary N) is 1. The van der Waals surface area contributed by atoms with E-state index in [1.54, 1.807) is 0 Å². The minimum Gasteiger partial charge on any atom is -0.313 e. The van der Waals surface area contributed by atoms with Gasteiger partial charge in [-0.25, -0.2) is 0 Å². The molecule has 0 heterocycles. The van der Waals surface area contributed by atoms with E-state index < -0.39 is 0 Å². The molecule has 0 saturated heterocycles. The van der Waals surface area contributed by atoms with E-state index in [0.717, 1.165) is 5.92 Å². The van der Waals surface area contributed by atoms with Crippen LogP contribution in [0.5, 0.6) is 0 Å². The zero-order valence-electron chi connectivity index (χ0n) is 8.76. The van der Waals surface area contributed by atoms with Crippen molar-refractivity contribution in [2.45, 2.75) is 25.3 Å². The average Bonchev–Trinajstić information content (AvgIpc) is 3.02. The Labute approximate surface area is 113 Å².